The second-order valence-electron chi connectivity index (χ2n) is 28.9. The van der Waals surface area contributed by atoms with Crippen molar-refractivity contribution in [2.45, 2.75) is 262 Å². The molecule has 0 aliphatic rings. The first-order chi connectivity index (χ1) is 53.3. The molecule has 0 aromatic heterocycles. The number of rotatable bonds is 57. The van der Waals surface area contributed by atoms with E-state index in [1.807, 2.05) is 0 Å². The van der Waals surface area contributed by atoms with Gasteiger partial charge in [-0.1, -0.05) is 98.6 Å². The van der Waals surface area contributed by atoms with Crippen LogP contribution in [0.2, 0.25) is 0 Å². The molecule has 13 amide bonds. The van der Waals surface area contributed by atoms with Crippen LogP contribution in [0.25, 0.3) is 0 Å². The Kier molecular flexibility index (Phi) is 46.2. The zero-order valence-electron chi connectivity index (χ0n) is 65.8. The Morgan fingerprint density at radius 3 is 1.23 bits per heavy atom. The molecule has 27 N–H and O–H groups in total. The monoisotopic (exact) mass is 1620 g/mol. The molecule has 0 aliphatic carbocycles. The van der Waals surface area contributed by atoms with E-state index in [0.717, 1.165) is 6.92 Å². The van der Waals surface area contributed by atoms with Crippen LogP contribution in [-0.4, -0.2) is 264 Å². The molecule has 642 valence electrons. The fraction of sp³-hybridized carbons (Fsp3) is 0.667. The van der Waals surface area contributed by atoms with E-state index < -0.39 is 292 Å². The minimum absolute atomic E-state index is 0.0260. The highest BCUT2D eigenvalue weighted by molar-refractivity contribution is 6.00. The minimum Gasteiger partial charge on any atom is -0.481 e. The number of aliphatic hydroxyl groups is 3. The number of nitrogens with two attached hydrogens (primary N) is 3. The number of aliphatic carboxylic acids is 5. The summed E-state index contributed by atoms with van der Waals surface area (Å²) in [6.07, 6.45) is -8.56. The van der Waals surface area contributed by atoms with Gasteiger partial charge >= 0.3 is 29.8 Å². The Morgan fingerprint density at radius 2 is 0.807 bits per heavy atom. The highest BCUT2D eigenvalue weighted by Gasteiger charge is 2.40. The van der Waals surface area contributed by atoms with Gasteiger partial charge in [-0.2, -0.15) is 0 Å². The van der Waals surface area contributed by atoms with Gasteiger partial charge in [0.1, 0.15) is 66.5 Å². The molecular weight excluding hydrogens is 1500 g/mol. The number of unbranched alkanes of at least 4 members (excludes halogenated alkanes) is 1. The number of carbonyl (C=O) groups is 18. The molecule has 0 aliphatic heterocycles. The summed E-state index contributed by atoms with van der Waals surface area (Å²) in [4.78, 5) is 238. The lowest BCUT2D eigenvalue weighted by Gasteiger charge is -2.31. The van der Waals surface area contributed by atoms with Crippen molar-refractivity contribution in [1.82, 2.24) is 69.1 Å². The maximum absolute atomic E-state index is 14.3. The van der Waals surface area contributed by atoms with Crippen LogP contribution < -0.4 is 86.3 Å². The van der Waals surface area contributed by atoms with Gasteiger partial charge in [0.2, 0.25) is 76.8 Å². The standard InChI is InChI=1S/C72H118N16O26/c1-11-37(8)58(87-65(106)45(23-27-55(99)100)79-62(103)43(21-25-53(95)96)81-71(112)59(39(10)90)88-61(102)41(74)19-15-16-28-73)70(111)85-49(33-89)67(108)80-44(22-26-54(97)98)64(105)86-57(36(6)7)69(110)83-47(31-51(75)92)66(107)82-46(29-34(2)3)50(91)32-76-56(35(4)5)68(109)77-38(9)60(101)78-42(20-24-52(93)94)63(104)84-48(72(113)114)30-40-17-13-12-14-18-40/h12-14,17-18,34-39,41-50,56-59,76,89-91H,11,15-16,19-33,73-74H2,1-10H3,(H2,75,92)(H,77,109)(H,78,101)(H,79,103)(H,80,108)(H,81,112)(H,82,107)(H,83,110)(H,84,104)(H,85,111)(H,86,105)(H,87,106)(H,88,102)(H,93,94)(H,95,96)(H,97,98)(H,99,100)(H,113,114)/t37-,38-,39+,41-,42-,43-,44-,45-,46-,47-,48-,49-,50-,56-,57-,58-,59-/m0/s1. The SMILES string of the molecule is CC[C@H](C)[C@H](NC(=O)[C@H](CCC(=O)O)NC(=O)[C@H](CCC(=O)O)NC(=O)[C@@H](NC(=O)[C@@H](N)CCCCN)[C@@H](C)O)C(=O)N[C@@H](CO)C(=O)N[C@@H](CCC(=O)O)C(=O)N[C@H](C(=O)N[C@@H](CC(N)=O)C(=O)N[C@@H](CC(C)C)[C@@H](O)CN[C@H](C(=O)N[C@@H](C)C(=O)N[C@@H](CCC(=O)O)C(=O)N[C@@H](Cc1ccccc1)C(=O)O)C(C)C)C(C)C. The minimum atomic E-state index is -2.02. The first kappa shape index (κ1) is 101. The van der Waals surface area contributed by atoms with Gasteiger partial charge in [0.05, 0.1) is 43.4 Å². The predicted octanol–water partition coefficient (Wildman–Crippen LogP) is -5.96. The molecule has 0 fully saturated rings. The van der Waals surface area contributed by atoms with Crippen LogP contribution in [0.5, 0.6) is 0 Å². The molecule has 42 heteroatoms. The summed E-state index contributed by atoms with van der Waals surface area (Å²) < 4.78 is 0. The van der Waals surface area contributed by atoms with Gasteiger partial charge in [0.25, 0.3) is 0 Å². The Balaban J connectivity index is 3.48. The number of nitrogens with one attached hydrogen (secondary N) is 13. The van der Waals surface area contributed by atoms with Gasteiger partial charge in [-0.05, 0) is 94.6 Å². The van der Waals surface area contributed by atoms with Crippen LogP contribution in [0.15, 0.2) is 30.3 Å². The molecule has 0 spiro atoms. The molecule has 1 aromatic rings. The first-order valence-electron chi connectivity index (χ1n) is 37.5. The van der Waals surface area contributed by atoms with E-state index in [1.165, 1.54) is 27.7 Å². The first-order valence-corrected chi connectivity index (χ1v) is 37.5. The quantitative estimate of drug-likeness (QED) is 0.0270. The molecule has 114 heavy (non-hydrogen) atoms. The third-order valence-corrected chi connectivity index (χ3v) is 18.0. The van der Waals surface area contributed by atoms with E-state index in [4.69, 9.17) is 17.2 Å². The number of aliphatic hydroxyl groups excluding tert-OH is 3. The number of benzene rings is 1. The fourth-order valence-corrected chi connectivity index (χ4v) is 11.2. The summed E-state index contributed by atoms with van der Waals surface area (Å²) in [6, 6.07) is -14.3. The Bertz CT molecular complexity index is 3420. The van der Waals surface area contributed by atoms with Gasteiger partial charge < -0.3 is 127 Å². The normalized spacial score (nSPS) is 15.8. The zero-order valence-corrected chi connectivity index (χ0v) is 65.8. The van der Waals surface area contributed by atoms with E-state index in [-0.39, 0.29) is 31.6 Å². The van der Waals surface area contributed by atoms with Crippen molar-refractivity contribution in [2.75, 3.05) is 19.7 Å². The highest BCUT2D eigenvalue weighted by Crippen LogP contribution is 2.16. The fourth-order valence-electron chi connectivity index (χ4n) is 11.2. The number of carboxylic acid groups (broad SMARTS) is 5. The number of hydrogen-bond donors (Lipinski definition) is 24. The van der Waals surface area contributed by atoms with Crippen LogP contribution in [0.1, 0.15) is 165 Å². The second-order valence-corrected chi connectivity index (χ2v) is 28.9. The zero-order chi connectivity index (χ0) is 87.0. The highest BCUT2D eigenvalue weighted by atomic mass is 16.4. The number of carboxylic acids is 5. The average Bonchev–Trinajstić information content (AvgIpc) is 0.847. The van der Waals surface area contributed by atoms with Crippen molar-refractivity contribution in [3.05, 3.63) is 35.9 Å². The van der Waals surface area contributed by atoms with E-state index in [2.05, 4.69) is 69.1 Å². The van der Waals surface area contributed by atoms with E-state index >= 15 is 0 Å². The molecule has 0 heterocycles. The molecule has 17 atom stereocenters. The van der Waals surface area contributed by atoms with Crippen molar-refractivity contribution >= 4 is 107 Å². The van der Waals surface area contributed by atoms with Gasteiger partial charge in [0, 0.05) is 38.6 Å². The van der Waals surface area contributed by atoms with Crippen molar-refractivity contribution in [3.8, 4) is 0 Å². The van der Waals surface area contributed by atoms with E-state index in [0.29, 0.717) is 24.9 Å². The van der Waals surface area contributed by atoms with Crippen molar-refractivity contribution < 1.29 is 127 Å². The van der Waals surface area contributed by atoms with Crippen LogP contribution in [0, 0.1) is 23.7 Å². The third kappa shape index (κ3) is 38.3. The Morgan fingerprint density at radius 1 is 0.421 bits per heavy atom. The van der Waals surface area contributed by atoms with Crippen LogP contribution >= 0.6 is 0 Å². The van der Waals surface area contributed by atoms with Crippen LogP contribution in [-0.2, 0) is 92.7 Å². The van der Waals surface area contributed by atoms with Crippen LogP contribution in [0.4, 0.5) is 0 Å². The van der Waals surface area contributed by atoms with Gasteiger partial charge in [-0.15, -0.1) is 0 Å². The smallest absolute Gasteiger partial charge is 0.326 e. The van der Waals surface area contributed by atoms with Gasteiger partial charge in [-0.25, -0.2) is 4.79 Å². The predicted molar refractivity (Wildman–Crippen MR) is 404 cm³/mol. The molecule has 1 rings (SSSR count). The second kappa shape index (κ2) is 52.0. The number of hydrogen-bond acceptors (Lipinski definition) is 24. The number of amides is 13. The van der Waals surface area contributed by atoms with Crippen molar-refractivity contribution in [1.29, 1.82) is 0 Å². The molecule has 0 saturated heterocycles. The maximum atomic E-state index is 14.3. The summed E-state index contributed by atoms with van der Waals surface area (Å²) >= 11 is 0. The van der Waals surface area contributed by atoms with E-state index in [1.54, 1.807) is 65.0 Å². The molecule has 1 aromatic carbocycles. The topological polar surface area (TPSA) is 704 Å². The molecule has 42 nitrogen and oxygen atoms in total. The lowest BCUT2D eigenvalue weighted by Crippen LogP contribution is -2.62. The number of primary amides is 1. The number of carbonyl (C=O) groups excluding carboxylic acids is 13. The van der Waals surface area contributed by atoms with Crippen molar-refractivity contribution in [3.63, 3.8) is 0 Å². The lowest BCUT2D eigenvalue weighted by molar-refractivity contribution is -0.143. The Labute approximate surface area is 659 Å². The third-order valence-electron chi connectivity index (χ3n) is 18.0. The molecule has 0 saturated carbocycles. The summed E-state index contributed by atoms with van der Waals surface area (Å²) in [5, 5.41) is 112. The van der Waals surface area contributed by atoms with Gasteiger partial charge in [0.15, 0.2) is 0 Å². The van der Waals surface area contributed by atoms with Crippen molar-refractivity contribution in [2.24, 2.45) is 40.9 Å². The average molecular weight is 1620 g/mol. The lowest BCUT2D eigenvalue weighted by atomic mass is 9.97. The van der Waals surface area contributed by atoms with E-state index in [9.17, 15) is 127 Å². The molecule has 0 unspecified atom stereocenters. The maximum Gasteiger partial charge on any atom is 0.326 e. The summed E-state index contributed by atoms with van der Waals surface area (Å²) in [6.45, 7) is 13.5. The Hall–Kier alpha value is -10.6. The molecular formula is C72H118N16O26. The molecule has 0 radical (unpaired) electrons. The largest absolute Gasteiger partial charge is 0.481 e. The molecule has 0 bridgehead atoms. The summed E-state index contributed by atoms with van der Waals surface area (Å²) in [7, 11) is 0. The summed E-state index contributed by atoms with van der Waals surface area (Å²) in [5.41, 5.74) is 17.6. The van der Waals surface area contributed by atoms with Gasteiger partial charge in [-0.3, -0.25) is 81.5 Å². The van der Waals surface area contributed by atoms with Crippen LogP contribution in [0.3, 0.4) is 0 Å². The summed E-state index contributed by atoms with van der Waals surface area (Å²) in [5.74, 6) is -24.3.